The highest BCUT2D eigenvalue weighted by Crippen LogP contribution is 2.25. The fourth-order valence-electron chi connectivity index (χ4n) is 2.83. The molecule has 0 bridgehead atoms. The van der Waals surface area contributed by atoms with E-state index >= 15 is 0 Å². The number of anilines is 1. The van der Waals surface area contributed by atoms with Crippen molar-refractivity contribution in [1.82, 2.24) is 0 Å². The van der Waals surface area contributed by atoms with Gasteiger partial charge in [0.25, 0.3) is 10.0 Å². The van der Waals surface area contributed by atoms with Gasteiger partial charge in [-0.15, -0.1) is 0 Å². The van der Waals surface area contributed by atoms with Crippen molar-refractivity contribution in [2.75, 3.05) is 10.8 Å². The lowest BCUT2D eigenvalue weighted by molar-refractivity contribution is 0.112. The molecule has 0 aliphatic rings. The van der Waals surface area contributed by atoms with Crippen molar-refractivity contribution in [1.29, 1.82) is 0 Å². The van der Waals surface area contributed by atoms with Gasteiger partial charge in [-0.25, -0.2) is 12.8 Å². The fourth-order valence-corrected chi connectivity index (χ4v) is 4.24. The average molecular weight is 409 g/mol. The number of sulfonamides is 1. The first-order valence-electron chi connectivity index (χ1n) is 8.97. The molecule has 0 saturated heterocycles. The summed E-state index contributed by atoms with van der Waals surface area (Å²) in [5.41, 5.74) is 2.32. The minimum absolute atomic E-state index is 0.0229. The Hall–Kier alpha value is -3.25. The number of carbonyl (C=O) groups excluding carboxylic acids is 1. The summed E-state index contributed by atoms with van der Waals surface area (Å²) in [7, 11) is -3.87. The molecule has 3 aromatic carbocycles. The number of carbonyl (C=O) groups is 1. The Balaban J connectivity index is 1.99. The lowest BCUT2D eigenvalue weighted by Gasteiger charge is -2.23. The Bertz CT molecular complexity index is 1140. The maximum absolute atomic E-state index is 13.4. The number of rotatable bonds is 7. The Morgan fingerprint density at radius 2 is 1.62 bits per heavy atom. The van der Waals surface area contributed by atoms with E-state index in [1.807, 2.05) is 6.92 Å². The third kappa shape index (κ3) is 4.97. The van der Waals surface area contributed by atoms with E-state index in [1.165, 1.54) is 22.5 Å². The van der Waals surface area contributed by atoms with Gasteiger partial charge in [-0.1, -0.05) is 54.1 Å². The minimum atomic E-state index is -3.87. The summed E-state index contributed by atoms with van der Waals surface area (Å²) in [5.74, 6) is -0.366. The number of hydrogen-bond acceptors (Lipinski definition) is 3. The van der Waals surface area contributed by atoms with E-state index in [1.54, 1.807) is 66.7 Å². The molecule has 0 fully saturated rings. The molecule has 0 aromatic heterocycles. The first kappa shape index (κ1) is 20.5. The van der Waals surface area contributed by atoms with Gasteiger partial charge in [-0.05, 0) is 48.9 Å². The van der Waals surface area contributed by atoms with Crippen molar-refractivity contribution in [2.24, 2.45) is 0 Å². The normalized spacial score (nSPS) is 11.5. The van der Waals surface area contributed by atoms with Crippen LogP contribution in [0.4, 0.5) is 10.1 Å². The summed E-state index contributed by atoms with van der Waals surface area (Å²) in [5, 5.41) is 0. The molecule has 0 saturated carbocycles. The number of hydrogen-bond donors (Lipinski definition) is 0. The monoisotopic (exact) mass is 409 g/mol. The summed E-state index contributed by atoms with van der Waals surface area (Å²) >= 11 is 0. The van der Waals surface area contributed by atoms with Crippen molar-refractivity contribution in [2.45, 2.75) is 11.8 Å². The van der Waals surface area contributed by atoms with Crippen molar-refractivity contribution in [3.8, 4) is 0 Å². The molecule has 0 unspecified atom stereocenters. The molecule has 3 rings (SSSR count). The van der Waals surface area contributed by atoms with Crippen LogP contribution in [0.1, 0.15) is 21.5 Å². The van der Waals surface area contributed by atoms with E-state index in [0.717, 1.165) is 5.56 Å². The molecule has 0 N–H and O–H groups in total. The van der Waals surface area contributed by atoms with Gasteiger partial charge in [0, 0.05) is 5.56 Å². The zero-order chi connectivity index (χ0) is 20.9. The van der Waals surface area contributed by atoms with Crippen molar-refractivity contribution in [3.63, 3.8) is 0 Å². The van der Waals surface area contributed by atoms with Crippen LogP contribution in [0.15, 0.2) is 83.8 Å². The Labute approximate surface area is 170 Å². The predicted octanol–water partition coefficient (Wildman–Crippen LogP) is 4.86. The molecule has 0 aliphatic heterocycles. The lowest BCUT2D eigenvalue weighted by atomic mass is 10.2. The molecular formula is C23H20FNO3S. The van der Waals surface area contributed by atoms with Gasteiger partial charge in [-0.3, -0.25) is 9.10 Å². The van der Waals surface area contributed by atoms with Crippen LogP contribution in [0, 0.1) is 12.7 Å². The van der Waals surface area contributed by atoms with Gasteiger partial charge in [0.2, 0.25) is 0 Å². The van der Waals surface area contributed by atoms with Crippen LogP contribution >= 0.6 is 0 Å². The quantitative estimate of drug-likeness (QED) is 0.524. The standard InChI is InChI=1S/C23H20FNO3S/c1-18-10-12-23(13-11-18)29(27,28)25(22-9-3-6-20(16-22)17-26)14-4-7-19-5-2-8-21(24)15-19/h2-13,15-17H,14H2,1H3/b7-4+. The second-order valence-corrected chi connectivity index (χ2v) is 8.38. The van der Waals surface area contributed by atoms with Crippen LogP contribution < -0.4 is 4.31 Å². The molecule has 0 aliphatic carbocycles. The Kier molecular flexibility index (Phi) is 6.24. The molecule has 0 radical (unpaired) electrons. The van der Waals surface area contributed by atoms with Crippen LogP contribution in [0.2, 0.25) is 0 Å². The number of aldehydes is 1. The maximum Gasteiger partial charge on any atom is 0.264 e. The largest absolute Gasteiger partial charge is 0.298 e. The highest BCUT2D eigenvalue weighted by atomic mass is 32.2. The summed E-state index contributed by atoms with van der Waals surface area (Å²) in [6, 6.07) is 19.0. The Morgan fingerprint density at radius 3 is 2.31 bits per heavy atom. The number of halogens is 1. The number of aryl methyl sites for hydroxylation is 1. The van der Waals surface area contributed by atoms with Gasteiger partial charge < -0.3 is 0 Å². The third-order valence-electron chi connectivity index (χ3n) is 4.33. The highest BCUT2D eigenvalue weighted by Gasteiger charge is 2.24. The molecule has 29 heavy (non-hydrogen) atoms. The minimum Gasteiger partial charge on any atom is -0.298 e. The maximum atomic E-state index is 13.4. The fraction of sp³-hybridized carbons (Fsp3) is 0.0870. The van der Waals surface area contributed by atoms with Crippen LogP contribution in [0.3, 0.4) is 0 Å². The molecule has 0 atom stereocenters. The summed E-state index contributed by atoms with van der Waals surface area (Å²) in [6.45, 7) is 1.90. The van der Waals surface area contributed by atoms with Crippen LogP contribution in [-0.4, -0.2) is 21.2 Å². The lowest BCUT2D eigenvalue weighted by Crippen LogP contribution is -2.31. The van der Waals surface area contributed by atoms with Crippen molar-refractivity contribution in [3.05, 3.63) is 101 Å². The predicted molar refractivity (Wildman–Crippen MR) is 113 cm³/mol. The van der Waals surface area contributed by atoms with E-state index in [0.29, 0.717) is 23.1 Å². The summed E-state index contributed by atoms with van der Waals surface area (Å²) < 4.78 is 41.2. The van der Waals surface area contributed by atoms with Gasteiger partial charge in [0.1, 0.15) is 12.1 Å². The molecule has 3 aromatic rings. The zero-order valence-corrected chi connectivity index (χ0v) is 16.6. The summed E-state index contributed by atoms with van der Waals surface area (Å²) in [4.78, 5) is 11.3. The number of nitrogens with zero attached hydrogens (tertiary/aromatic N) is 1. The van der Waals surface area contributed by atoms with Crippen LogP contribution in [0.5, 0.6) is 0 Å². The highest BCUT2D eigenvalue weighted by molar-refractivity contribution is 7.92. The number of benzene rings is 3. The molecule has 148 valence electrons. The molecule has 4 nitrogen and oxygen atoms in total. The molecular weight excluding hydrogens is 389 g/mol. The van der Waals surface area contributed by atoms with E-state index < -0.39 is 10.0 Å². The smallest absolute Gasteiger partial charge is 0.264 e. The molecule has 0 amide bonds. The SMILES string of the molecule is Cc1ccc(S(=O)(=O)N(C/C=C/c2cccc(F)c2)c2cccc(C=O)c2)cc1. The van der Waals surface area contributed by atoms with E-state index in [2.05, 4.69) is 0 Å². The molecule has 0 spiro atoms. The van der Waals surface area contributed by atoms with Gasteiger partial charge in [0.15, 0.2) is 0 Å². The van der Waals surface area contributed by atoms with Crippen molar-refractivity contribution >= 4 is 28.1 Å². The van der Waals surface area contributed by atoms with Gasteiger partial charge in [0.05, 0.1) is 17.1 Å². The molecule has 0 heterocycles. The third-order valence-corrected chi connectivity index (χ3v) is 6.14. The molecule has 6 heteroatoms. The topological polar surface area (TPSA) is 54.5 Å². The summed E-state index contributed by atoms with van der Waals surface area (Å²) in [6.07, 6.45) is 3.97. The Morgan fingerprint density at radius 1 is 0.931 bits per heavy atom. The van der Waals surface area contributed by atoms with E-state index in [4.69, 9.17) is 0 Å². The van der Waals surface area contributed by atoms with Gasteiger partial charge >= 0.3 is 0 Å². The zero-order valence-electron chi connectivity index (χ0n) is 15.8. The second kappa shape index (κ2) is 8.84. The van der Waals surface area contributed by atoms with Crippen LogP contribution in [-0.2, 0) is 10.0 Å². The van der Waals surface area contributed by atoms with Crippen molar-refractivity contribution < 1.29 is 17.6 Å². The van der Waals surface area contributed by atoms with E-state index in [9.17, 15) is 17.6 Å². The average Bonchev–Trinajstić information content (AvgIpc) is 2.71. The van der Waals surface area contributed by atoms with E-state index in [-0.39, 0.29) is 17.3 Å². The first-order valence-corrected chi connectivity index (χ1v) is 10.4. The van der Waals surface area contributed by atoms with Gasteiger partial charge in [-0.2, -0.15) is 0 Å². The van der Waals surface area contributed by atoms with Crippen LogP contribution in [0.25, 0.3) is 6.08 Å². The second-order valence-electron chi connectivity index (χ2n) is 6.52. The first-order chi connectivity index (χ1) is 13.9.